The molecule has 4 heteroatoms. The average Bonchev–Trinajstić information content (AvgIpc) is 2.56. The van der Waals surface area contributed by atoms with E-state index in [1.807, 2.05) is 18.2 Å². The largest absolute Gasteiger partial charge is 0.375 e. The second-order valence-electron chi connectivity index (χ2n) is 5.35. The minimum absolute atomic E-state index is 0.0297. The number of ketones is 1. The Kier molecular flexibility index (Phi) is 4.28. The summed E-state index contributed by atoms with van der Waals surface area (Å²) in [5.74, 6) is -0.300. The van der Waals surface area contributed by atoms with Crippen LogP contribution in [-0.4, -0.2) is 24.6 Å². The molecule has 0 radical (unpaired) electrons. The van der Waals surface area contributed by atoms with E-state index in [9.17, 15) is 9.18 Å². The topological polar surface area (TPSA) is 41.5 Å². The molecule has 1 unspecified atom stereocenters. The fourth-order valence-electron chi connectivity index (χ4n) is 2.60. The van der Waals surface area contributed by atoms with Gasteiger partial charge in [-0.2, -0.15) is 0 Å². The molecule has 0 amide bonds. The first kappa shape index (κ1) is 14.4. The number of nitrogens with one attached hydrogen (secondary N) is 1. The summed E-state index contributed by atoms with van der Waals surface area (Å²) in [6, 6.07) is 14.2. The highest BCUT2D eigenvalue weighted by atomic mass is 19.1. The lowest BCUT2D eigenvalue weighted by Crippen LogP contribution is -2.34. The number of halogens is 1. The monoisotopic (exact) mass is 296 g/mol. The third-order valence-corrected chi connectivity index (χ3v) is 3.82. The predicted octanol–water partition coefficient (Wildman–Crippen LogP) is 3.24. The first-order valence-electron chi connectivity index (χ1n) is 7.35. The van der Waals surface area contributed by atoms with Gasteiger partial charge >= 0.3 is 0 Å². The molecule has 1 aliphatic rings. The van der Waals surface area contributed by atoms with Crippen LogP contribution in [-0.2, 0) is 11.2 Å². The average molecular weight is 296 g/mol. The van der Waals surface area contributed by atoms with Crippen molar-refractivity contribution in [2.24, 2.45) is 4.99 Å². The SMILES string of the molecule is O=C(C/N=C/c1ccccc1F)C1CCc2ccccc2N1. The summed E-state index contributed by atoms with van der Waals surface area (Å²) in [6.07, 6.45) is 3.08. The van der Waals surface area contributed by atoms with Gasteiger partial charge in [0.1, 0.15) is 5.82 Å². The molecule has 1 heterocycles. The number of hydrogen-bond acceptors (Lipinski definition) is 3. The number of para-hydroxylation sites is 1. The summed E-state index contributed by atoms with van der Waals surface area (Å²) < 4.78 is 13.4. The lowest BCUT2D eigenvalue weighted by atomic mass is 9.96. The number of fused-ring (bicyclic) bond motifs is 1. The molecule has 3 rings (SSSR count). The molecule has 1 aliphatic heterocycles. The van der Waals surface area contributed by atoms with E-state index in [2.05, 4.69) is 16.4 Å². The Morgan fingerprint density at radius 3 is 2.86 bits per heavy atom. The zero-order valence-corrected chi connectivity index (χ0v) is 12.1. The Bertz CT molecular complexity index is 712. The first-order valence-corrected chi connectivity index (χ1v) is 7.35. The van der Waals surface area contributed by atoms with Gasteiger partial charge in [-0.3, -0.25) is 9.79 Å². The molecule has 0 saturated carbocycles. The van der Waals surface area contributed by atoms with Crippen molar-refractivity contribution in [1.29, 1.82) is 0 Å². The summed E-state index contributed by atoms with van der Waals surface area (Å²) in [4.78, 5) is 16.3. The third kappa shape index (κ3) is 3.22. The fourth-order valence-corrected chi connectivity index (χ4v) is 2.60. The van der Waals surface area contributed by atoms with E-state index in [0.717, 1.165) is 18.5 Å². The van der Waals surface area contributed by atoms with Crippen LogP contribution in [0.5, 0.6) is 0 Å². The fraction of sp³-hybridized carbons (Fsp3) is 0.222. The van der Waals surface area contributed by atoms with E-state index in [1.165, 1.54) is 17.8 Å². The Labute approximate surface area is 128 Å². The highest BCUT2D eigenvalue weighted by Crippen LogP contribution is 2.24. The van der Waals surface area contributed by atoms with Gasteiger partial charge in [0.15, 0.2) is 5.78 Å². The molecule has 2 aromatic rings. The van der Waals surface area contributed by atoms with Crippen LogP contribution >= 0.6 is 0 Å². The van der Waals surface area contributed by atoms with Gasteiger partial charge in [0.25, 0.3) is 0 Å². The normalized spacial score (nSPS) is 17.0. The van der Waals surface area contributed by atoms with Crippen LogP contribution < -0.4 is 5.32 Å². The van der Waals surface area contributed by atoms with Crippen molar-refractivity contribution in [2.75, 3.05) is 11.9 Å². The second kappa shape index (κ2) is 6.52. The van der Waals surface area contributed by atoms with E-state index in [4.69, 9.17) is 0 Å². The Hall–Kier alpha value is -2.49. The summed E-state index contributed by atoms with van der Waals surface area (Å²) in [5.41, 5.74) is 2.66. The number of hydrogen-bond donors (Lipinski definition) is 1. The van der Waals surface area contributed by atoms with Crippen molar-refractivity contribution in [3.05, 3.63) is 65.5 Å². The zero-order valence-electron chi connectivity index (χ0n) is 12.1. The van der Waals surface area contributed by atoms with Crippen LogP contribution in [0, 0.1) is 5.82 Å². The van der Waals surface area contributed by atoms with Crippen molar-refractivity contribution in [1.82, 2.24) is 0 Å². The Balaban J connectivity index is 1.60. The van der Waals surface area contributed by atoms with Crippen LogP contribution in [0.3, 0.4) is 0 Å². The molecule has 0 bridgehead atoms. The molecule has 2 aromatic carbocycles. The molecule has 3 nitrogen and oxygen atoms in total. The molecule has 0 fully saturated rings. The molecular formula is C18H17FN2O. The van der Waals surface area contributed by atoms with E-state index in [-0.39, 0.29) is 24.2 Å². The summed E-state index contributed by atoms with van der Waals surface area (Å²) in [5, 5.41) is 3.26. The maximum atomic E-state index is 13.4. The molecule has 0 saturated heterocycles. The Morgan fingerprint density at radius 2 is 2.00 bits per heavy atom. The van der Waals surface area contributed by atoms with Gasteiger partial charge in [-0.1, -0.05) is 36.4 Å². The second-order valence-corrected chi connectivity index (χ2v) is 5.35. The zero-order chi connectivity index (χ0) is 15.4. The number of anilines is 1. The van der Waals surface area contributed by atoms with Crippen LogP contribution in [0.2, 0.25) is 0 Å². The number of Topliss-reactive ketones (excluding diaryl/α,β-unsaturated/α-hetero) is 1. The van der Waals surface area contributed by atoms with Crippen LogP contribution in [0.15, 0.2) is 53.5 Å². The molecule has 112 valence electrons. The lowest BCUT2D eigenvalue weighted by Gasteiger charge is -2.25. The molecule has 1 atom stereocenters. The first-order chi connectivity index (χ1) is 10.7. The van der Waals surface area contributed by atoms with E-state index >= 15 is 0 Å². The van der Waals surface area contributed by atoms with E-state index < -0.39 is 0 Å². The van der Waals surface area contributed by atoms with Gasteiger partial charge in [-0.25, -0.2) is 4.39 Å². The molecule has 0 aliphatic carbocycles. The molecule has 22 heavy (non-hydrogen) atoms. The van der Waals surface area contributed by atoms with Crippen molar-refractivity contribution >= 4 is 17.7 Å². The number of aryl methyl sites for hydroxylation is 1. The van der Waals surface area contributed by atoms with Crippen molar-refractivity contribution < 1.29 is 9.18 Å². The number of carbonyl (C=O) groups is 1. The van der Waals surface area contributed by atoms with Gasteiger partial charge in [-0.05, 0) is 30.5 Å². The number of nitrogens with zero attached hydrogens (tertiary/aromatic N) is 1. The predicted molar refractivity (Wildman–Crippen MR) is 86.0 cm³/mol. The standard InChI is InChI=1S/C18H17FN2O/c19-15-7-3-1-6-14(15)11-20-12-18(22)17-10-9-13-5-2-4-8-16(13)21-17/h1-8,11,17,21H,9-10,12H2/b20-11+. The minimum Gasteiger partial charge on any atom is -0.375 e. The number of rotatable bonds is 4. The highest BCUT2D eigenvalue weighted by Gasteiger charge is 2.22. The van der Waals surface area contributed by atoms with Gasteiger partial charge in [0.05, 0.1) is 12.6 Å². The lowest BCUT2D eigenvalue weighted by molar-refractivity contribution is -0.118. The molecule has 0 spiro atoms. The van der Waals surface area contributed by atoms with Crippen molar-refractivity contribution in [2.45, 2.75) is 18.9 Å². The van der Waals surface area contributed by atoms with Gasteiger partial charge in [-0.15, -0.1) is 0 Å². The molecule has 1 N–H and O–H groups in total. The van der Waals surface area contributed by atoms with E-state index in [1.54, 1.807) is 18.2 Å². The van der Waals surface area contributed by atoms with Crippen molar-refractivity contribution in [3.8, 4) is 0 Å². The summed E-state index contributed by atoms with van der Waals surface area (Å²) >= 11 is 0. The number of carbonyl (C=O) groups excluding carboxylic acids is 1. The maximum absolute atomic E-state index is 13.4. The van der Waals surface area contributed by atoms with Crippen molar-refractivity contribution in [3.63, 3.8) is 0 Å². The van der Waals surface area contributed by atoms with Gasteiger partial charge in [0, 0.05) is 17.5 Å². The van der Waals surface area contributed by atoms with E-state index in [0.29, 0.717) is 5.56 Å². The van der Waals surface area contributed by atoms with Crippen LogP contribution in [0.25, 0.3) is 0 Å². The van der Waals surface area contributed by atoms with Crippen LogP contribution in [0.1, 0.15) is 17.5 Å². The summed E-state index contributed by atoms with van der Waals surface area (Å²) in [6.45, 7) is 0.0637. The quantitative estimate of drug-likeness (QED) is 0.880. The molecule has 0 aromatic heterocycles. The Morgan fingerprint density at radius 1 is 1.23 bits per heavy atom. The number of aliphatic imine (C=N–C) groups is 1. The number of benzene rings is 2. The van der Waals surface area contributed by atoms with Gasteiger partial charge < -0.3 is 5.32 Å². The van der Waals surface area contributed by atoms with Crippen LogP contribution in [0.4, 0.5) is 10.1 Å². The highest BCUT2D eigenvalue weighted by molar-refractivity contribution is 5.91. The smallest absolute Gasteiger partial charge is 0.176 e. The maximum Gasteiger partial charge on any atom is 0.176 e. The molecular weight excluding hydrogens is 279 g/mol. The summed E-state index contributed by atoms with van der Waals surface area (Å²) in [7, 11) is 0. The third-order valence-electron chi connectivity index (χ3n) is 3.82. The minimum atomic E-state index is -0.330. The van der Waals surface area contributed by atoms with Gasteiger partial charge in [0.2, 0.25) is 0 Å².